The summed E-state index contributed by atoms with van der Waals surface area (Å²) in [5.74, 6) is -1.55. The zero-order valence-electron chi connectivity index (χ0n) is 48.8. The summed E-state index contributed by atoms with van der Waals surface area (Å²) in [5.41, 5.74) is 0. The molecule has 2 N–H and O–H groups in total. The molecule has 442 valence electrons. The lowest BCUT2D eigenvalue weighted by molar-refractivity contribution is -0.161. The quantitative estimate of drug-likeness (QED) is 0.0197. The number of allylic oxidation sites excluding steroid dienone is 22. The molecular weight excluding hydrogens is 1000 g/mol. The van der Waals surface area contributed by atoms with Gasteiger partial charge in [-0.1, -0.05) is 212 Å². The molecule has 11 nitrogen and oxygen atoms in total. The number of carbonyl (C=O) groups is 3. The number of hydrogen-bond donors (Lipinski definition) is 2. The summed E-state index contributed by atoms with van der Waals surface area (Å²) in [6, 6.07) is 0. The van der Waals surface area contributed by atoms with Crippen molar-refractivity contribution >= 4 is 25.7 Å². The fourth-order valence-corrected chi connectivity index (χ4v) is 8.37. The Kier molecular flexibility index (Phi) is 55.5. The largest absolute Gasteiger partial charge is 0.472 e. The Morgan fingerprint density at radius 2 is 0.628 bits per heavy atom. The Morgan fingerprint density at radius 3 is 0.987 bits per heavy atom. The molecule has 12 heteroatoms. The predicted octanol–water partition coefficient (Wildman–Crippen LogP) is 18.1. The van der Waals surface area contributed by atoms with Gasteiger partial charge in [-0.25, -0.2) is 4.57 Å². The summed E-state index contributed by atoms with van der Waals surface area (Å²) >= 11 is 0. The van der Waals surface area contributed by atoms with Crippen molar-refractivity contribution in [1.82, 2.24) is 0 Å². The van der Waals surface area contributed by atoms with Crippen molar-refractivity contribution in [2.24, 2.45) is 0 Å². The van der Waals surface area contributed by atoms with Crippen LogP contribution in [-0.2, 0) is 42.2 Å². The molecule has 0 saturated heterocycles. The minimum Gasteiger partial charge on any atom is -0.462 e. The summed E-state index contributed by atoms with van der Waals surface area (Å²) in [6.45, 7) is 4.22. The van der Waals surface area contributed by atoms with E-state index in [4.69, 9.17) is 23.3 Å². The number of rotatable bonds is 54. The summed E-state index contributed by atoms with van der Waals surface area (Å²) in [5, 5.41) is 9.84. The number of unbranched alkanes of at least 4 members (excludes halogenated alkanes) is 15. The lowest BCUT2D eigenvalue weighted by Crippen LogP contribution is -2.30. The molecule has 0 aliphatic carbocycles. The van der Waals surface area contributed by atoms with Gasteiger partial charge in [-0.15, -0.1) is 0 Å². The number of carbonyl (C=O) groups excluding carboxylic acids is 3. The molecule has 0 aromatic heterocycles. The van der Waals surface area contributed by atoms with E-state index < -0.39 is 57.8 Å². The van der Waals surface area contributed by atoms with Crippen LogP contribution in [0, 0.1) is 0 Å². The number of ether oxygens (including phenoxy) is 3. The van der Waals surface area contributed by atoms with Crippen molar-refractivity contribution in [3.8, 4) is 0 Å². The van der Waals surface area contributed by atoms with Gasteiger partial charge in [0.2, 0.25) is 0 Å². The van der Waals surface area contributed by atoms with Crippen molar-refractivity contribution in [3.63, 3.8) is 0 Å². The fraction of sp³-hybridized carbons (Fsp3) is 0.621. The van der Waals surface area contributed by atoms with Gasteiger partial charge in [-0.2, -0.15) is 0 Å². The first-order valence-corrected chi connectivity index (χ1v) is 31.6. The van der Waals surface area contributed by atoms with Crippen LogP contribution < -0.4 is 0 Å². The van der Waals surface area contributed by atoms with E-state index in [9.17, 15) is 28.9 Å². The molecule has 0 radical (unpaired) electrons. The van der Waals surface area contributed by atoms with E-state index in [1.54, 1.807) is 0 Å². The molecule has 3 atom stereocenters. The molecule has 0 bridgehead atoms. The van der Waals surface area contributed by atoms with Gasteiger partial charge in [0, 0.05) is 19.3 Å². The van der Waals surface area contributed by atoms with Crippen LogP contribution in [0.25, 0.3) is 0 Å². The van der Waals surface area contributed by atoms with E-state index in [0.29, 0.717) is 19.3 Å². The minimum atomic E-state index is -4.78. The number of phosphoric acid groups is 1. The first-order valence-electron chi connectivity index (χ1n) is 30.1. The number of hydrogen-bond acceptors (Lipinski definition) is 10. The number of phosphoric ester groups is 1. The van der Waals surface area contributed by atoms with Crippen molar-refractivity contribution in [2.75, 3.05) is 26.4 Å². The zero-order valence-corrected chi connectivity index (χ0v) is 49.7. The average Bonchev–Trinajstić information content (AvgIpc) is 3.43. The van der Waals surface area contributed by atoms with Gasteiger partial charge < -0.3 is 24.2 Å². The SMILES string of the molecule is CC/C=C\C/C=C\C/C=C\C/C=C\CCCCCCCCC(=O)OC(COC(=O)CCCC/C=C\C/C=C\C/C=C\C/C=C\CC)COP(=O)(O)OCC(CO)OC(=O)CCCCCCCCC/C=C\C/C=C\C/C=C\CC. The molecule has 0 saturated carbocycles. The monoisotopic (exact) mass is 1110 g/mol. The molecule has 0 aliphatic rings. The highest BCUT2D eigenvalue weighted by Gasteiger charge is 2.28. The normalized spacial score (nSPS) is 14.3. The van der Waals surface area contributed by atoms with Crippen LogP contribution in [0.1, 0.15) is 226 Å². The molecule has 0 rings (SSSR count). The molecule has 0 heterocycles. The van der Waals surface area contributed by atoms with Crippen molar-refractivity contribution in [1.29, 1.82) is 0 Å². The van der Waals surface area contributed by atoms with Gasteiger partial charge in [0.05, 0.1) is 19.8 Å². The summed E-state index contributed by atoms with van der Waals surface area (Å²) in [6.07, 6.45) is 74.0. The summed E-state index contributed by atoms with van der Waals surface area (Å²) in [4.78, 5) is 48.6. The molecule has 0 fully saturated rings. The van der Waals surface area contributed by atoms with Gasteiger partial charge in [0.25, 0.3) is 0 Å². The maximum atomic E-state index is 12.9. The molecule has 78 heavy (non-hydrogen) atoms. The van der Waals surface area contributed by atoms with Gasteiger partial charge in [-0.05, 0) is 128 Å². The van der Waals surface area contributed by atoms with Crippen LogP contribution in [-0.4, -0.2) is 66.5 Å². The number of aliphatic hydroxyl groups is 1. The lowest BCUT2D eigenvalue weighted by Gasteiger charge is -2.21. The Labute approximate surface area is 474 Å². The van der Waals surface area contributed by atoms with E-state index in [1.807, 2.05) is 0 Å². The van der Waals surface area contributed by atoms with Crippen LogP contribution in [0.15, 0.2) is 134 Å². The smallest absolute Gasteiger partial charge is 0.462 e. The molecule has 0 spiro atoms. The second-order valence-electron chi connectivity index (χ2n) is 19.4. The number of aliphatic hydroxyl groups excluding tert-OH is 1. The molecule has 0 aromatic rings. The maximum absolute atomic E-state index is 12.9. The third-order valence-electron chi connectivity index (χ3n) is 12.1. The lowest BCUT2D eigenvalue weighted by atomic mass is 10.1. The molecule has 0 aromatic carbocycles. The van der Waals surface area contributed by atoms with Crippen LogP contribution in [0.4, 0.5) is 0 Å². The maximum Gasteiger partial charge on any atom is 0.472 e. The Balaban J connectivity index is 4.80. The second kappa shape index (κ2) is 58.8. The highest BCUT2D eigenvalue weighted by atomic mass is 31.2. The number of esters is 3. The summed E-state index contributed by atoms with van der Waals surface area (Å²) in [7, 11) is -4.78. The standard InChI is InChI=1S/C66H107O11P/c1-4-7-10-13-16-19-22-25-28-30-31-33-36-39-42-45-48-51-54-57-66(70)77-63(59-73-64(68)55-52-49-46-43-40-37-34-27-24-21-18-15-12-9-6-3)61-75-78(71,72)74-60-62(58-67)76-65(69)56-53-50-47-44-41-38-35-32-29-26-23-20-17-14-11-8-5-2/h7-12,16-21,25-29,31,33-34,40,43,62-63,67H,4-6,13-15,22-24,30,32,35-39,41-42,44-61H2,1-3H3,(H,71,72)/b10-7-,11-8-,12-9-,19-16-,20-17-,21-18-,28-25-,29-26-,33-31-,34-27-,43-40-. The molecule has 0 aliphatic heterocycles. The zero-order chi connectivity index (χ0) is 56.9. The van der Waals surface area contributed by atoms with E-state index >= 15 is 0 Å². The molecule has 0 amide bonds. The van der Waals surface area contributed by atoms with Crippen LogP contribution in [0.2, 0.25) is 0 Å². The van der Waals surface area contributed by atoms with Gasteiger partial charge >= 0.3 is 25.7 Å². The average molecular weight is 1110 g/mol. The first-order chi connectivity index (χ1) is 38.2. The first kappa shape index (κ1) is 73.6. The van der Waals surface area contributed by atoms with E-state index in [2.05, 4.69) is 154 Å². The Hall–Kier alpha value is -4.38. The van der Waals surface area contributed by atoms with Crippen molar-refractivity contribution < 1.29 is 52.2 Å². The van der Waals surface area contributed by atoms with Gasteiger partial charge in [0.1, 0.15) is 12.7 Å². The van der Waals surface area contributed by atoms with E-state index in [0.717, 1.165) is 161 Å². The molecule has 3 unspecified atom stereocenters. The topological polar surface area (TPSA) is 155 Å². The van der Waals surface area contributed by atoms with Crippen molar-refractivity contribution in [3.05, 3.63) is 134 Å². The van der Waals surface area contributed by atoms with Crippen LogP contribution >= 0.6 is 7.82 Å². The Morgan fingerprint density at radius 1 is 0.359 bits per heavy atom. The van der Waals surface area contributed by atoms with E-state index in [-0.39, 0.29) is 25.9 Å². The second-order valence-corrected chi connectivity index (χ2v) is 20.8. The van der Waals surface area contributed by atoms with Crippen LogP contribution in [0.3, 0.4) is 0 Å². The van der Waals surface area contributed by atoms with Gasteiger partial charge in [0.15, 0.2) is 6.10 Å². The highest BCUT2D eigenvalue weighted by molar-refractivity contribution is 7.47. The highest BCUT2D eigenvalue weighted by Crippen LogP contribution is 2.43. The van der Waals surface area contributed by atoms with E-state index in [1.165, 1.54) is 6.42 Å². The van der Waals surface area contributed by atoms with Crippen LogP contribution in [0.5, 0.6) is 0 Å². The van der Waals surface area contributed by atoms with Crippen molar-refractivity contribution in [2.45, 2.75) is 238 Å². The fourth-order valence-electron chi connectivity index (χ4n) is 7.59. The third kappa shape index (κ3) is 56.3. The third-order valence-corrected chi connectivity index (χ3v) is 13.0. The van der Waals surface area contributed by atoms with Gasteiger partial charge in [-0.3, -0.25) is 23.4 Å². The molecular formula is C66H107O11P. The summed E-state index contributed by atoms with van der Waals surface area (Å²) < 4.78 is 39.5. The minimum absolute atomic E-state index is 0.134. The predicted molar refractivity (Wildman–Crippen MR) is 325 cm³/mol. The Bertz CT molecular complexity index is 1820.